The second kappa shape index (κ2) is 11.0. The van der Waals surface area contributed by atoms with Crippen LogP contribution in [0.15, 0.2) is 24.3 Å². The topological polar surface area (TPSA) is 70.8 Å². The fourth-order valence-corrected chi connectivity index (χ4v) is 2.50. The van der Waals surface area contributed by atoms with Gasteiger partial charge in [-0.05, 0) is 31.2 Å². The van der Waals surface area contributed by atoms with E-state index >= 15 is 0 Å². The van der Waals surface area contributed by atoms with Gasteiger partial charge in [-0.3, -0.25) is 0 Å². The fraction of sp³-hybridized carbons (Fsp3) is 0.650. The number of nitrogen functional groups attached to an aromatic ring is 1. The molecule has 0 saturated heterocycles. The monoisotopic (exact) mass is 513 g/mol. The molecule has 0 spiro atoms. The molecule has 0 aliphatic carbocycles. The number of anilines is 1. The highest BCUT2D eigenvalue weighted by Gasteiger charge is 2.81. The molecule has 0 bridgehead atoms. The van der Waals surface area contributed by atoms with E-state index in [9.17, 15) is 44.3 Å². The molecule has 0 aromatic heterocycles. The summed E-state index contributed by atoms with van der Waals surface area (Å²) in [5, 5.41) is 0. The Hall–Kier alpha value is -2.22. The molecule has 0 fully saturated rings. The number of hydrogen-bond donors (Lipinski definition) is 1. The number of halogens is 9. The molecule has 0 aliphatic heterocycles. The molecular weight excluding hydrogens is 489 g/mol. The summed E-state index contributed by atoms with van der Waals surface area (Å²) < 4.78 is 131. The summed E-state index contributed by atoms with van der Waals surface area (Å²) in [5.74, 6) is -20.2. The SMILES string of the molecule is CCOCC(C)(COCCC(F)(F)C(F)(F)C(F)(F)C(F)(F)F)COC(=O)c1ccc(N)cc1. The Morgan fingerprint density at radius 3 is 1.88 bits per heavy atom. The van der Waals surface area contributed by atoms with Gasteiger partial charge < -0.3 is 19.9 Å². The Labute approximate surface area is 189 Å². The normalized spacial score (nSPS) is 15.1. The third-order valence-corrected chi connectivity index (χ3v) is 4.57. The van der Waals surface area contributed by atoms with Gasteiger partial charge in [-0.1, -0.05) is 6.92 Å². The lowest BCUT2D eigenvalue weighted by Crippen LogP contribution is -2.61. The van der Waals surface area contributed by atoms with Gasteiger partial charge >= 0.3 is 29.9 Å². The molecular formula is C20H24F9NO4. The van der Waals surface area contributed by atoms with Crippen molar-refractivity contribution < 1.29 is 58.5 Å². The van der Waals surface area contributed by atoms with Crippen LogP contribution in [0.2, 0.25) is 0 Å². The van der Waals surface area contributed by atoms with Crippen molar-refractivity contribution in [2.45, 2.75) is 44.2 Å². The lowest BCUT2D eigenvalue weighted by Gasteiger charge is -2.34. The molecule has 1 aromatic carbocycles. The van der Waals surface area contributed by atoms with E-state index in [1.54, 1.807) is 6.92 Å². The maximum atomic E-state index is 13.6. The summed E-state index contributed by atoms with van der Waals surface area (Å²) in [6, 6.07) is 5.65. The molecule has 5 nitrogen and oxygen atoms in total. The predicted molar refractivity (Wildman–Crippen MR) is 102 cm³/mol. The van der Waals surface area contributed by atoms with Crippen molar-refractivity contribution in [3.63, 3.8) is 0 Å². The minimum absolute atomic E-state index is 0.140. The summed E-state index contributed by atoms with van der Waals surface area (Å²) in [4.78, 5) is 12.1. The van der Waals surface area contributed by atoms with Gasteiger partial charge in [-0.25, -0.2) is 4.79 Å². The molecule has 0 saturated carbocycles. The molecule has 0 heterocycles. The second-order valence-electron chi connectivity index (χ2n) is 7.80. The van der Waals surface area contributed by atoms with Crippen molar-refractivity contribution >= 4 is 11.7 Å². The first-order chi connectivity index (χ1) is 15.4. The van der Waals surface area contributed by atoms with Crippen molar-refractivity contribution in [1.82, 2.24) is 0 Å². The van der Waals surface area contributed by atoms with Crippen molar-refractivity contribution in [3.05, 3.63) is 29.8 Å². The number of alkyl halides is 9. The summed E-state index contributed by atoms with van der Waals surface area (Å²) in [7, 11) is 0. The molecule has 1 atom stereocenters. The van der Waals surface area contributed by atoms with Gasteiger partial charge in [0, 0.05) is 24.1 Å². The number of esters is 1. The molecule has 0 amide bonds. The molecule has 2 N–H and O–H groups in total. The summed E-state index contributed by atoms with van der Waals surface area (Å²) >= 11 is 0. The highest BCUT2D eigenvalue weighted by atomic mass is 19.4. The number of carbonyl (C=O) groups is 1. The van der Waals surface area contributed by atoms with Crippen LogP contribution in [-0.4, -0.2) is 62.9 Å². The molecule has 1 unspecified atom stereocenters. The van der Waals surface area contributed by atoms with E-state index in [2.05, 4.69) is 0 Å². The summed E-state index contributed by atoms with van der Waals surface area (Å²) in [6.07, 6.45) is -9.01. The lowest BCUT2D eigenvalue weighted by atomic mass is 9.94. The molecule has 0 radical (unpaired) electrons. The van der Waals surface area contributed by atoms with Crippen molar-refractivity contribution in [2.75, 3.05) is 38.8 Å². The molecule has 14 heteroatoms. The van der Waals surface area contributed by atoms with Crippen LogP contribution in [0.1, 0.15) is 30.6 Å². The number of hydrogen-bond acceptors (Lipinski definition) is 5. The molecule has 196 valence electrons. The van der Waals surface area contributed by atoms with Gasteiger partial charge in [0.05, 0.1) is 25.4 Å². The number of nitrogens with two attached hydrogens (primary N) is 1. The Balaban J connectivity index is 2.75. The number of carbonyl (C=O) groups excluding carboxylic acids is 1. The van der Waals surface area contributed by atoms with Crippen LogP contribution < -0.4 is 5.73 Å². The van der Waals surface area contributed by atoms with Gasteiger partial charge in [0.25, 0.3) is 0 Å². The number of ether oxygens (including phenoxy) is 3. The first kappa shape index (κ1) is 29.8. The van der Waals surface area contributed by atoms with Crippen molar-refractivity contribution in [1.29, 1.82) is 0 Å². The number of benzene rings is 1. The first-order valence-corrected chi connectivity index (χ1v) is 9.78. The Kier molecular flexibility index (Phi) is 9.66. The largest absolute Gasteiger partial charge is 0.461 e. The summed E-state index contributed by atoms with van der Waals surface area (Å²) in [6.45, 7) is 0.905. The van der Waals surface area contributed by atoms with Crippen LogP contribution >= 0.6 is 0 Å². The number of rotatable bonds is 13. The van der Waals surface area contributed by atoms with Gasteiger partial charge in [0.2, 0.25) is 0 Å². The van der Waals surface area contributed by atoms with Crippen LogP contribution in [-0.2, 0) is 14.2 Å². The highest BCUT2D eigenvalue weighted by molar-refractivity contribution is 5.89. The minimum atomic E-state index is -6.96. The van der Waals surface area contributed by atoms with E-state index < -0.39 is 55.0 Å². The Bertz CT molecular complexity index is 800. The average Bonchev–Trinajstić information content (AvgIpc) is 2.73. The van der Waals surface area contributed by atoms with Gasteiger partial charge in [0.15, 0.2) is 0 Å². The van der Waals surface area contributed by atoms with Crippen molar-refractivity contribution in [2.24, 2.45) is 5.41 Å². The van der Waals surface area contributed by atoms with Crippen molar-refractivity contribution in [3.8, 4) is 0 Å². The standard InChI is InChI=1S/C20H24F9NO4/c1-3-32-10-16(2,12-34-15(31)13-4-6-14(30)7-5-13)11-33-9-8-17(21,22)18(23,24)19(25,26)20(27,28)29/h4-7H,3,8-12,30H2,1-2H3. The van der Waals surface area contributed by atoms with Gasteiger partial charge in [0.1, 0.15) is 6.61 Å². The maximum Gasteiger partial charge on any atom is 0.460 e. The Morgan fingerprint density at radius 1 is 0.853 bits per heavy atom. The van der Waals surface area contributed by atoms with E-state index in [-0.39, 0.29) is 25.4 Å². The van der Waals surface area contributed by atoms with E-state index in [4.69, 9.17) is 19.9 Å². The zero-order valence-electron chi connectivity index (χ0n) is 18.2. The van der Waals surface area contributed by atoms with Crippen LogP contribution in [0, 0.1) is 5.41 Å². The summed E-state index contributed by atoms with van der Waals surface area (Å²) in [5.41, 5.74) is 4.86. The van der Waals surface area contributed by atoms with Crippen LogP contribution in [0.3, 0.4) is 0 Å². The van der Waals surface area contributed by atoms with E-state index in [1.165, 1.54) is 31.2 Å². The zero-order valence-corrected chi connectivity index (χ0v) is 18.2. The van der Waals surface area contributed by atoms with Crippen LogP contribution in [0.5, 0.6) is 0 Å². The van der Waals surface area contributed by atoms with Gasteiger partial charge in [-0.2, -0.15) is 39.5 Å². The second-order valence-corrected chi connectivity index (χ2v) is 7.80. The van der Waals surface area contributed by atoms with E-state index in [0.717, 1.165) is 0 Å². The third kappa shape index (κ3) is 7.14. The quantitative estimate of drug-likeness (QED) is 0.167. The molecule has 1 aromatic rings. The molecule has 0 aliphatic rings. The van der Waals surface area contributed by atoms with E-state index in [0.29, 0.717) is 5.69 Å². The molecule has 34 heavy (non-hydrogen) atoms. The maximum absolute atomic E-state index is 13.6. The fourth-order valence-electron chi connectivity index (χ4n) is 2.50. The van der Waals surface area contributed by atoms with E-state index in [1.807, 2.05) is 0 Å². The van der Waals surface area contributed by atoms with Gasteiger partial charge in [-0.15, -0.1) is 0 Å². The zero-order chi connectivity index (χ0) is 26.4. The predicted octanol–water partition coefficient (Wildman–Crippen LogP) is 5.34. The lowest BCUT2D eigenvalue weighted by molar-refractivity contribution is -0.397. The smallest absolute Gasteiger partial charge is 0.460 e. The third-order valence-electron chi connectivity index (χ3n) is 4.57. The van der Waals surface area contributed by atoms with Crippen LogP contribution in [0.25, 0.3) is 0 Å². The van der Waals surface area contributed by atoms with Crippen LogP contribution in [0.4, 0.5) is 45.2 Å². The Morgan fingerprint density at radius 2 is 1.38 bits per heavy atom. The highest BCUT2D eigenvalue weighted by Crippen LogP contribution is 2.54. The molecule has 1 rings (SSSR count). The average molecular weight is 513 g/mol. The minimum Gasteiger partial charge on any atom is -0.461 e. The first-order valence-electron chi connectivity index (χ1n) is 9.78.